The van der Waals surface area contributed by atoms with E-state index in [4.69, 9.17) is 16.7 Å². The average molecular weight is 259 g/mol. The Morgan fingerprint density at radius 2 is 2.00 bits per heavy atom. The Kier molecular flexibility index (Phi) is 5.08. The Labute approximate surface area is 125 Å². The molecule has 0 bridgehead atoms. The van der Waals surface area contributed by atoms with Crippen molar-refractivity contribution in [2.75, 3.05) is 0 Å². The van der Waals surface area contributed by atoms with E-state index >= 15 is 0 Å². The molecule has 6 heteroatoms. The van der Waals surface area contributed by atoms with Gasteiger partial charge in [-0.15, -0.1) is 0 Å². The molecule has 0 spiro atoms. The molecule has 0 aliphatic carbocycles. The van der Waals surface area contributed by atoms with Crippen LogP contribution in [0.3, 0.4) is 0 Å². The predicted molar refractivity (Wildman–Crippen MR) is 66.6 cm³/mol. The number of aromatic nitrogens is 2. The Hall–Kier alpha value is -0.940. The molecule has 1 aromatic carbocycles. The summed E-state index contributed by atoms with van der Waals surface area (Å²) in [4.78, 5) is 18.4. The minimum absolute atomic E-state index is 0. The molecule has 82 valence electrons. The van der Waals surface area contributed by atoms with E-state index in [1.807, 2.05) is 0 Å². The number of hydrogen-bond donors (Lipinski definition) is 1. The molecular formula is C11H8ClN2NaO2. The number of hydrogen-bond acceptors (Lipinski definition) is 3. The third kappa shape index (κ3) is 3.51. The van der Waals surface area contributed by atoms with E-state index < -0.39 is 5.97 Å². The predicted octanol–water partition coefficient (Wildman–Crippen LogP) is 1.85. The van der Waals surface area contributed by atoms with Crippen molar-refractivity contribution >= 4 is 47.1 Å². The molecule has 0 aliphatic heterocycles. The van der Waals surface area contributed by atoms with Gasteiger partial charge in [0.25, 0.3) is 0 Å². The van der Waals surface area contributed by atoms with E-state index in [0.717, 1.165) is 5.56 Å². The normalized spacial score (nSPS) is 9.47. The molecule has 2 rings (SSSR count). The van der Waals surface area contributed by atoms with Crippen LogP contribution >= 0.6 is 11.6 Å². The SMILES string of the molecule is O=C(O)c1cc(-c2cccc(Cl)c2)ncn1.[NaH]. The Morgan fingerprint density at radius 3 is 2.65 bits per heavy atom. The number of carboxylic acid groups (broad SMARTS) is 1. The van der Waals surface area contributed by atoms with Crippen molar-refractivity contribution in [3.8, 4) is 11.3 Å². The first kappa shape index (κ1) is 14.1. The van der Waals surface area contributed by atoms with Crippen LogP contribution in [0.1, 0.15) is 10.5 Å². The average Bonchev–Trinajstić information content (AvgIpc) is 2.29. The molecule has 4 nitrogen and oxygen atoms in total. The quantitative estimate of drug-likeness (QED) is 0.835. The summed E-state index contributed by atoms with van der Waals surface area (Å²) in [6, 6.07) is 8.45. The van der Waals surface area contributed by atoms with Gasteiger partial charge in [0.05, 0.1) is 5.69 Å². The third-order valence-electron chi connectivity index (χ3n) is 2.01. The van der Waals surface area contributed by atoms with Gasteiger partial charge in [0.15, 0.2) is 5.69 Å². The van der Waals surface area contributed by atoms with Gasteiger partial charge in [-0.05, 0) is 18.2 Å². The van der Waals surface area contributed by atoms with Gasteiger partial charge in [0.2, 0.25) is 0 Å². The molecule has 2 aromatic rings. The molecule has 0 unspecified atom stereocenters. The summed E-state index contributed by atoms with van der Waals surface area (Å²) in [5.41, 5.74) is 1.26. The number of carboxylic acids is 1. The van der Waals surface area contributed by atoms with Crippen molar-refractivity contribution in [1.82, 2.24) is 9.97 Å². The first-order chi connectivity index (χ1) is 7.66. The molecule has 0 radical (unpaired) electrons. The van der Waals surface area contributed by atoms with E-state index in [1.165, 1.54) is 12.4 Å². The van der Waals surface area contributed by atoms with E-state index in [1.54, 1.807) is 24.3 Å². The van der Waals surface area contributed by atoms with Gasteiger partial charge in [-0.25, -0.2) is 14.8 Å². The van der Waals surface area contributed by atoms with Gasteiger partial charge in [0.1, 0.15) is 6.33 Å². The van der Waals surface area contributed by atoms with Crippen molar-refractivity contribution in [3.63, 3.8) is 0 Å². The molecule has 0 saturated heterocycles. The van der Waals surface area contributed by atoms with Gasteiger partial charge < -0.3 is 5.11 Å². The fraction of sp³-hybridized carbons (Fsp3) is 0. The molecule has 17 heavy (non-hydrogen) atoms. The van der Waals surface area contributed by atoms with E-state index in [9.17, 15) is 4.79 Å². The molecular weight excluding hydrogens is 251 g/mol. The standard InChI is InChI=1S/C11H7ClN2O2.Na.H/c12-8-3-1-2-7(4-8)9-5-10(11(15)16)14-6-13-9;;/h1-6H,(H,15,16);;. The molecule has 0 aliphatic rings. The summed E-state index contributed by atoms with van der Waals surface area (Å²) in [5, 5.41) is 9.37. The van der Waals surface area contributed by atoms with Crippen molar-refractivity contribution in [3.05, 3.63) is 47.4 Å². The zero-order chi connectivity index (χ0) is 11.5. The van der Waals surface area contributed by atoms with Crippen LogP contribution in [-0.2, 0) is 0 Å². The van der Waals surface area contributed by atoms with Crippen molar-refractivity contribution in [1.29, 1.82) is 0 Å². The first-order valence-electron chi connectivity index (χ1n) is 4.48. The van der Waals surface area contributed by atoms with Crippen LogP contribution in [0.25, 0.3) is 11.3 Å². The summed E-state index contributed by atoms with van der Waals surface area (Å²) >= 11 is 5.84. The molecule has 1 aromatic heterocycles. The van der Waals surface area contributed by atoms with Crippen LogP contribution in [0.4, 0.5) is 0 Å². The van der Waals surface area contributed by atoms with Crippen LogP contribution in [0.5, 0.6) is 0 Å². The molecule has 0 saturated carbocycles. The number of nitrogens with zero attached hydrogens (tertiary/aromatic N) is 2. The van der Waals surface area contributed by atoms with Gasteiger partial charge in [-0.2, -0.15) is 0 Å². The van der Waals surface area contributed by atoms with Crippen LogP contribution < -0.4 is 0 Å². The molecule has 1 N–H and O–H groups in total. The number of carbonyl (C=O) groups is 1. The second-order valence-electron chi connectivity index (χ2n) is 3.10. The van der Waals surface area contributed by atoms with Gasteiger partial charge in [-0.1, -0.05) is 23.7 Å². The molecule has 0 atom stereocenters. The maximum absolute atomic E-state index is 10.7. The summed E-state index contributed by atoms with van der Waals surface area (Å²) in [6.07, 6.45) is 1.22. The molecule has 0 amide bonds. The van der Waals surface area contributed by atoms with Crippen LogP contribution in [-0.4, -0.2) is 50.6 Å². The first-order valence-corrected chi connectivity index (χ1v) is 4.86. The second-order valence-corrected chi connectivity index (χ2v) is 3.54. The summed E-state index contributed by atoms with van der Waals surface area (Å²) < 4.78 is 0. The summed E-state index contributed by atoms with van der Waals surface area (Å²) in [7, 11) is 0. The monoisotopic (exact) mass is 258 g/mol. The fourth-order valence-corrected chi connectivity index (χ4v) is 1.47. The molecule has 1 heterocycles. The van der Waals surface area contributed by atoms with Crippen LogP contribution in [0, 0.1) is 0 Å². The zero-order valence-electron chi connectivity index (χ0n) is 8.09. The number of aromatic carboxylic acids is 1. The minimum atomic E-state index is -1.08. The van der Waals surface area contributed by atoms with Gasteiger partial charge in [-0.3, -0.25) is 0 Å². The maximum atomic E-state index is 10.7. The Morgan fingerprint density at radius 1 is 1.24 bits per heavy atom. The second kappa shape index (κ2) is 6.12. The van der Waals surface area contributed by atoms with Crippen LogP contribution in [0.15, 0.2) is 36.7 Å². The Bertz CT molecular complexity index is 548. The van der Waals surface area contributed by atoms with Gasteiger partial charge >= 0.3 is 35.5 Å². The van der Waals surface area contributed by atoms with Crippen LogP contribution in [0.2, 0.25) is 5.02 Å². The summed E-state index contributed by atoms with van der Waals surface area (Å²) in [5.74, 6) is -1.08. The number of benzene rings is 1. The van der Waals surface area contributed by atoms with Crippen molar-refractivity contribution in [2.45, 2.75) is 0 Å². The Balaban J connectivity index is 0.00000144. The van der Waals surface area contributed by atoms with E-state index in [2.05, 4.69) is 9.97 Å². The molecule has 0 fully saturated rings. The zero-order valence-corrected chi connectivity index (χ0v) is 8.85. The fourth-order valence-electron chi connectivity index (χ4n) is 1.28. The number of rotatable bonds is 2. The van der Waals surface area contributed by atoms with E-state index in [-0.39, 0.29) is 35.3 Å². The van der Waals surface area contributed by atoms with Crippen molar-refractivity contribution in [2.24, 2.45) is 0 Å². The number of halogens is 1. The van der Waals surface area contributed by atoms with E-state index in [0.29, 0.717) is 10.7 Å². The van der Waals surface area contributed by atoms with Gasteiger partial charge in [0, 0.05) is 10.6 Å². The third-order valence-corrected chi connectivity index (χ3v) is 2.24. The topological polar surface area (TPSA) is 63.1 Å². The van der Waals surface area contributed by atoms with Crippen molar-refractivity contribution < 1.29 is 9.90 Å². The summed E-state index contributed by atoms with van der Waals surface area (Å²) in [6.45, 7) is 0.